The van der Waals surface area contributed by atoms with E-state index in [0.717, 1.165) is 0 Å². The SMILES string of the molecule is O=C(/C=C/c1ccccc1[N+](=O)[O-])NCCNc1ncc(Cl)cc1Cl. The molecule has 9 heteroatoms. The van der Waals surface area contributed by atoms with Gasteiger partial charge in [0.25, 0.3) is 5.69 Å². The van der Waals surface area contributed by atoms with Crippen molar-refractivity contribution in [1.29, 1.82) is 0 Å². The molecule has 1 heterocycles. The van der Waals surface area contributed by atoms with E-state index in [4.69, 9.17) is 23.2 Å². The number of halogens is 2. The van der Waals surface area contributed by atoms with Crippen LogP contribution in [-0.2, 0) is 4.79 Å². The maximum absolute atomic E-state index is 11.8. The van der Waals surface area contributed by atoms with E-state index in [-0.39, 0.29) is 11.6 Å². The first kappa shape index (κ1) is 18.7. The average molecular weight is 381 g/mol. The van der Waals surface area contributed by atoms with Crippen LogP contribution in [0.4, 0.5) is 11.5 Å². The van der Waals surface area contributed by atoms with Crippen LogP contribution in [0, 0.1) is 10.1 Å². The highest BCUT2D eigenvalue weighted by molar-refractivity contribution is 6.35. The highest BCUT2D eigenvalue weighted by Crippen LogP contribution is 2.22. The van der Waals surface area contributed by atoms with E-state index in [9.17, 15) is 14.9 Å². The largest absolute Gasteiger partial charge is 0.367 e. The summed E-state index contributed by atoms with van der Waals surface area (Å²) in [5.41, 5.74) is 0.301. The van der Waals surface area contributed by atoms with Crippen LogP contribution in [0.3, 0.4) is 0 Å². The fraction of sp³-hybridized carbons (Fsp3) is 0.125. The molecule has 2 rings (SSSR count). The van der Waals surface area contributed by atoms with Gasteiger partial charge in [-0.1, -0.05) is 35.3 Å². The zero-order valence-corrected chi connectivity index (χ0v) is 14.4. The monoisotopic (exact) mass is 380 g/mol. The van der Waals surface area contributed by atoms with E-state index in [1.165, 1.54) is 24.4 Å². The zero-order valence-electron chi connectivity index (χ0n) is 12.9. The van der Waals surface area contributed by atoms with Gasteiger partial charge in [-0.25, -0.2) is 4.98 Å². The van der Waals surface area contributed by atoms with E-state index >= 15 is 0 Å². The first-order valence-electron chi connectivity index (χ1n) is 7.21. The van der Waals surface area contributed by atoms with Crippen molar-refractivity contribution in [3.8, 4) is 0 Å². The van der Waals surface area contributed by atoms with Crippen LogP contribution in [0.5, 0.6) is 0 Å². The van der Waals surface area contributed by atoms with Gasteiger partial charge in [-0.05, 0) is 18.2 Å². The Bertz CT molecular complexity index is 812. The minimum absolute atomic E-state index is 0.0586. The molecule has 0 bridgehead atoms. The summed E-state index contributed by atoms with van der Waals surface area (Å²) < 4.78 is 0. The van der Waals surface area contributed by atoms with Gasteiger partial charge in [-0.3, -0.25) is 14.9 Å². The molecule has 1 amide bonds. The first-order chi connectivity index (χ1) is 12.0. The summed E-state index contributed by atoms with van der Waals surface area (Å²) in [6.07, 6.45) is 4.11. The number of carbonyl (C=O) groups is 1. The van der Waals surface area contributed by atoms with Gasteiger partial charge in [-0.2, -0.15) is 0 Å². The van der Waals surface area contributed by atoms with Gasteiger partial charge in [-0.15, -0.1) is 0 Å². The number of pyridine rings is 1. The molecular formula is C16H14Cl2N4O3. The predicted molar refractivity (Wildman–Crippen MR) is 97.9 cm³/mol. The van der Waals surface area contributed by atoms with E-state index in [1.807, 2.05) is 0 Å². The van der Waals surface area contributed by atoms with Crippen molar-refractivity contribution in [3.05, 3.63) is 68.3 Å². The van der Waals surface area contributed by atoms with Crippen molar-refractivity contribution in [3.63, 3.8) is 0 Å². The summed E-state index contributed by atoms with van der Waals surface area (Å²) in [7, 11) is 0. The molecule has 0 atom stereocenters. The lowest BCUT2D eigenvalue weighted by Crippen LogP contribution is -2.27. The Morgan fingerprint density at radius 3 is 2.76 bits per heavy atom. The third-order valence-electron chi connectivity index (χ3n) is 3.07. The second-order valence-corrected chi connectivity index (χ2v) is 5.69. The molecule has 0 aliphatic heterocycles. The Labute approximate surface area is 153 Å². The van der Waals surface area contributed by atoms with Crippen LogP contribution < -0.4 is 10.6 Å². The number of amides is 1. The van der Waals surface area contributed by atoms with Crippen LogP contribution in [-0.4, -0.2) is 28.9 Å². The molecule has 130 valence electrons. The Kier molecular flexibility index (Phi) is 6.73. The number of nitrogens with one attached hydrogen (secondary N) is 2. The molecule has 0 saturated carbocycles. The molecule has 25 heavy (non-hydrogen) atoms. The smallest absolute Gasteiger partial charge is 0.276 e. The topological polar surface area (TPSA) is 97.2 Å². The number of anilines is 1. The lowest BCUT2D eigenvalue weighted by atomic mass is 10.1. The van der Waals surface area contributed by atoms with Crippen LogP contribution in [0.1, 0.15) is 5.56 Å². The van der Waals surface area contributed by atoms with Gasteiger partial charge < -0.3 is 10.6 Å². The highest BCUT2D eigenvalue weighted by Gasteiger charge is 2.09. The van der Waals surface area contributed by atoms with Crippen LogP contribution in [0.15, 0.2) is 42.6 Å². The zero-order chi connectivity index (χ0) is 18.2. The van der Waals surface area contributed by atoms with E-state index < -0.39 is 4.92 Å². The number of nitro benzene ring substituents is 1. The molecule has 0 radical (unpaired) electrons. The fourth-order valence-electron chi connectivity index (χ4n) is 1.93. The average Bonchev–Trinajstić information content (AvgIpc) is 2.58. The van der Waals surface area contributed by atoms with Gasteiger partial charge in [0.05, 0.1) is 20.5 Å². The molecular weight excluding hydrogens is 367 g/mol. The molecule has 2 aromatic rings. The second-order valence-electron chi connectivity index (χ2n) is 4.85. The van der Waals surface area contributed by atoms with Gasteiger partial charge >= 0.3 is 0 Å². The third-order valence-corrected chi connectivity index (χ3v) is 3.57. The van der Waals surface area contributed by atoms with Gasteiger partial charge in [0.2, 0.25) is 5.91 Å². The van der Waals surface area contributed by atoms with Crippen molar-refractivity contribution in [2.75, 3.05) is 18.4 Å². The number of para-hydroxylation sites is 1. The molecule has 0 fully saturated rings. The number of nitrogens with zero attached hydrogens (tertiary/aromatic N) is 2. The summed E-state index contributed by atoms with van der Waals surface area (Å²) in [5.74, 6) is 0.103. The van der Waals surface area contributed by atoms with Crippen LogP contribution in [0.25, 0.3) is 6.08 Å². The molecule has 2 N–H and O–H groups in total. The fourth-order valence-corrected chi connectivity index (χ4v) is 2.38. The lowest BCUT2D eigenvalue weighted by Gasteiger charge is -2.07. The Hall–Kier alpha value is -2.64. The Balaban J connectivity index is 1.82. The molecule has 0 aliphatic carbocycles. The third kappa shape index (κ3) is 5.74. The molecule has 1 aromatic heterocycles. The number of hydrogen-bond donors (Lipinski definition) is 2. The quantitative estimate of drug-likeness (QED) is 0.331. The van der Waals surface area contributed by atoms with Gasteiger partial charge in [0, 0.05) is 31.4 Å². The van der Waals surface area contributed by atoms with Crippen molar-refractivity contribution in [2.45, 2.75) is 0 Å². The van der Waals surface area contributed by atoms with Gasteiger partial charge in [0.1, 0.15) is 5.82 Å². The predicted octanol–water partition coefficient (Wildman–Crippen LogP) is 3.54. The summed E-state index contributed by atoms with van der Waals surface area (Å²) in [5, 5.41) is 17.3. The van der Waals surface area contributed by atoms with E-state index in [0.29, 0.717) is 34.5 Å². The van der Waals surface area contributed by atoms with Gasteiger partial charge in [0.15, 0.2) is 0 Å². The van der Waals surface area contributed by atoms with E-state index in [1.54, 1.807) is 24.3 Å². The number of rotatable bonds is 7. The number of nitro groups is 1. The molecule has 0 saturated heterocycles. The summed E-state index contributed by atoms with van der Waals surface area (Å²) in [4.78, 5) is 26.2. The van der Waals surface area contributed by atoms with Crippen LogP contribution >= 0.6 is 23.2 Å². The summed E-state index contributed by atoms with van der Waals surface area (Å²) in [6, 6.07) is 7.74. The number of benzene rings is 1. The molecule has 0 unspecified atom stereocenters. The standard InChI is InChI=1S/C16H14Cl2N4O3/c17-12-9-13(18)16(21-10-12)20-8-7-19-15(23)6-5-11-3-1-2-4-14(11)22(24)25/h1-6,9-10H,7-8H2,(H,19,23)(H,20,21)/b6-5+. The number of aromatic nitrogens is 1. The lowest BCUT2D eigenvalue weighted by molar-refractivity contribution is -0.385. The minimum Gasteiger partial charge on any atom is -0.367 e. The maximum Gasteiger partial charge on any atom is 0.276 e. The Morgan fingerprint density at radius 2 is 2.04 bits per heavy atom. The Morgan fingerprint density at radius 1 is 1.28 bits per heavy atom. The van der Waals surface area contributed by atoms with Crippen molar-refractivity contribution >= 4 is 46.7 Å². The van der Waals surface area contributed by atoms with Crippen molar-refractivity contribution < 1.29 is 9.72 Å². The molecule has 0 aliphatic rings. The minimum atomic E-state index is -0.496. The second kappa shape index (κ2) is 9.00. The maximum atomic E-state index is 11.8. The highest BCUT2D eigenvalue weighted by atomic mass is 35.5. The molecule has 0 spiro atoms. The number of hydrogen-bond acceptors (Lipinski definition) is 5. The number of carbonyl (C=O) groups excluding carboxylic acids is 1. The van der Waals surface area contributed by atoms with Crippen LogP contribution in [0.2, 0.25) is 10.0 Å². The van der Waals surface area contributed by atoms with Crippen molar-refractivity contribution in [2.24, 2.45) is 0 Å². The van der Waals surface area contributed by atoms with E-state index in [2.05, 4.69) is 15.6 Å². The summed E-state index contributed by atoms with van der Waals surface area (Å²) >= 11 is 11.7. The first-order valence-corrected chi connectivity index (χ1v) is 7.97. The molecule has 1 aromatic carbocycles. The summed E-state index contributed by atoms with van der Waals surface area (Å²) in [6.45, 7) is 0.722. The molecule has 7 nitrogen and oxygen atoms in total. The normalized spacial score (nSPS) is 10.6. The van der Waals surface area contributed by atoms with Crippen molar-refractivity contribution in [1.82, 2.24) is 10.3 Å².